The van der Waals surface area contributed by atoms with Crippen molar-refractivity contribution < 1.29 is 0 Å². The average molecular weight is 313 g/mol. The molecule has 1 aliphatic rings. The van der Waals surface area contributed by atoms with Crippen LogP contribution in [0.2, 0.25) is 0 Å². The van der Waals surface area contributed by atoms with Gasteiger partial charge in [-0.15, -0.1) is 0 Å². The summed E-state index contributed by atoms with van der Waals surface area (Å²) < 4.78 is 1.24. The first-order valence-corrected chi connectivity index (χ1v) is 7.66. The highest BCUT2D eigenvalue weighted by molar-refractivity contribution is 9.10. The fourth-order valence-electron chi connectivity index (χ4n) is 2.81. The second-order valence-electron chi connectivity index (χ2n) is 5.04. The van der Waals surface area contributed by atoms with E-state index in [4.69, 9.17) is 0 Å². The van der Waals surface area contributed by atoms with Crippen LogP contribution in [0.5, 0.6) is 0 Å². The van der Waals surface area contributed by atoms with Crippen LogP contribution in [-0.2, 0) is 6.42 Å². The largest absolute Gasteiger partial charge is 0.0762 e. The van der Waals surface area contributed by atoms with E-state index in [2.05, 4.69) is 71.4 Å². The summed E-state index contributed by atoms with van der Waals surface area (Å²) in [6, 6.07) is 15.2. The van der Waals surface area contributed by atoms with Crippen molar-refractivity contribution in [2.24, 2.45) is 0 Å². The highest BCUT2D eigenvalue weighted by Gasteiger charge is 2.17. The molecule has 1 heteroatoms. The van der Waals surface area contributed by atoms with Gasteiger partial charge in [0, 0.05) is 4.47 Å². The molecule has 0 heterocycles. The zero-order chi connectivity index (χ0) is 13.2. The van der Waals surface area contributed by atoms with Crippen molar-refractivity contribution in [3.63, 3.8) is 0 Å². The van der Waals surface area contributed by atoms with Gasteiger partial charge < -0.3 is 0 Å². The van der Waals surface area contributed by atoms with Crippen LogP contribution in [-0.4, -0.2) is 0 Å². The van der Waals surface area contributed by atoms with E-state index in [1.54, 1.807) is 0 Å². The van der Waals surface area contributed by atoms with Gasteiger partial charge in [0.1, 0.15) is 0 Å². The maximum atomic E-state index is 3.77. The smallest absolute Gasteiger partial charge is 0.0259 e. The molecule has 0 aromatic heterocycles. The molecular weight excluding hydrogens is 296 g/mol. The molecule has 0 amide bonds. The highest BCUT2D eigenvalue weighted by atomic mass is 79.9. The number of fused-ring (bicyclic) bond motifs is 1. The third-order valence-corrected chi connectivity index (χ3v) is 4.31. The Kier molecular flexibility index (Phi) is 3.56. The van der Waals surface area contributed by atoms with Gasteiger partial charge in [0.25, 0.3) is 0 Å². The Balaban J connectivity index is 2.04. The van der Waals surface area contributed by atoms with Crippen LogP contribution in [0.4, 0.5) is 0 Å². The van der Waals surface area contributed by atoms with Gasteiger partial charge in [-0.2, -0.15) is 0 Å². The minimum absolute atomic E-state index is 1.07. The summed E-state index contributed by atoms with van der Waals surface area (Å²) in [5.74, 6) is 0. The predicted octanol–water partition coefficient (Wildman–Crippen LogP) is 5.86. The molecule has 3 rings (SSSR count). The van der Waals surface area contributed by atoms with Gasteiger partial charge in [0.2, 0.25) is 0 Å². The van der Waals surface area contributed by atoms with E-state index in [1.807, 2.05) is 0 Å². The first-order chi connectivity index (χ1) is 9.29. The van der Waals surface area contributed by atoms with Crippen LogP contribution in [0.1, 0.15) is 30.9 Å². The van der Waals surface area contributed by atoms with E-state index in [-0.39, 0.29) is 0 Å². The standard InChI is InChI=1S/C18H17Br/c1-2-6-14-9-10-15-11-16(12-17(19)18(14)15)13-7-4-3-5-8-13/h3-5,7-9,11-12H,2,6,10H2,1H3. The molecule has 2 aromatic rings. The predicted molar refractivity (Wildman–Crippen MR) is 86.2 cm³/mol. The zero-order valence-electron chi connectivity index (χ0n) is 11.1. The summed E-state index contributed by atoms with van der Waals surface area (Å²) >= 11 is 3.77. The molecule has 0 spiro atoms. The van der Waals surface area contributed by atoms with Crippen molar-refractivity contribution in [1.82, 2.24) is 0 Å². The maximum Gasteiger partial charge on any atom is 0.0259 e. The molecule has 0 N–H and O–H groups in total. The molecule has 0 fully saturated rings. The lowest BCUT2D eigenvalue weighted by atomic mass is 9.97. The molecule has 0 saturated carbocycles. The second-order valence-corrected chi connectivity index (χ2v) is 5.90. The van der Waals surface area contributed by atoms with Gasteiger partial charge in [-0.25, -0.2) is 0 Å². The maximum absolute atomic E-state index is 3.77. The Labute approximate surface area is 123 Å². The summed E-state index contributed by atoms with van der Waals surface area (Å²) in [4.78, 5) is 0. The number of hydrogen-bond donors (Lipinski definition) is 0. The molecular formula is C18H17Br. The van der Waals surface area contributed by atoms with Crippen LogP contribution < -0.4 is 0 Å². The molecule has 0 nitrogen and oxygen atoms in total. The first kappa shape index (κ1) is 12.7. The average Bonchev–Trinajstić information content (AvgIpc) is 2.84. The summed E-state index contributed by atoms with van der Waals surface area (Å²) in [5.41, 5.74) is 6.98. The van der Waals surface area contributed by atoms with E-state index < -0.39 is 0 Å². The topological polar surface area (TPSA) is 0 Å². The fourth-order valence-corrected chi connectivity index (χ4v) is 3.57. The molecule has 96 valence electrons. The molecule has 0 atom stereocenters. The number of hydrogen-bond acceptors (Lipinski definition) is 0. The van der Waals surface area contributed by atoms with Crippen LogP contribution in [0.25, 0.3) is 16.7 Å². The lowest BCUT2D eigenvalue weighted by Crippen LogP contribution is -1.89. The van der Waals surface area contributed by atoms with Crippen molar-refractivity contribution in [3.8, 4) is 11.1 Å². The Morgan fingerprint density at radius 1 is 1.05 bits per heavy atom. The minimum atomic E-state index is 1.07. The SMILES string of the molecule is CCCC1=CCc2cc(-c3ccccc3)cc(Br)c21. The zero-order valence-corrected chi connectivity index (χ0v) is 12.7. The third kappa shape index (κ3) is 2.40. The number of halogens is 1. The van der Waals surface area contributed by atoms with Gasteiger partial charge in [-0.3, -0.25) is 0 Å². The van der Waals surface area contributed by atoms with Gasteiger partial charge >= 0.3 is 0 Å². The van der Waals surface area contributed by atoms with Gasteiger partial charge in [-0.05, 0) is 46.7 Å². The Hall–Kier alpha value is -1.34. The molecule has 19 heavy (non-hydrogen) atoms. The first-order valence-electron chi connectivity index (χ1n) is 6.87. The number of benzene rings is 2. The number of allylic oxidation sites excluding steroid dienone is 2. The normalized spacial score (nSPS) is 13.3. The van der Waals surface area contributed by atoms with Crippen LogP contribution in [0.3, 0.4) is 0 Å². The van der Waals surface area contributed by atoms with E-state index in [1.165, 1.54) is 45.1 Å². The van der Waals surface area contributed by atoms with E-state index >= 15 is 0 Å². The van der Waals surface area contributed by atoms with Gasteiger partial charge in [-0.1, -0.05) is 71.7 Å². The van der Waals surface area contributed by atoms with Crippen molar-refractivity contribution >= 4 is 21.5 Å². The molecule has 0 bridgehead atoms. The number of rotatable bonds is 3. The van der Waals surface area contributed by atoms with E-state index in [0.29, 0.717) is 0 Å². The van der Waals surface area contributed by atoms with Crippen LogP contribution in [0.15, 0.2) is 53.0 Å². The van der Waals surface area contributed by atoms with Gasteiger partial charge in [0.15, 0.2) is 0 Å². The lowest BCUT2D eigenvalue weighted by molar-refractivity contribution is 0.974. The highest BCUT2D eigenvalue weighted by Crippen LogP contribution is 2.39. The summed E-state index contributed by atoms with van der Waals surface area (Å²) in [6.45, 7) is 2.24. The van der Waals surface area contributed by atoms with Crippen LogP contribution in [0, 0.1) is 0 Å². The fraction of sp³-hybridized carbons (Fsp3) is 0.222. The van der Waals surface area contributed by atoms with Crippen LogP contribution >= 0.6 is 15.9 Å². The second kappa shape index (κ2) is 5.34. The van der Waals surface area contributed by atoms with E-state index in [0.717, 1.165) is 6.42 Å². The van der Waals surface area contributed by atoms with Crippen molar-refractivity contribution in [2.45, 2.75) is 26.2 Å². The Bertz CT molecular complexity index is 624. The molecule has 1 aliphatic carbocycles. The molecule has 0 aliphatic heterocycles. The van der Waals surface area contributed by atoms with Gasteiger partial charge in [0.05, 0.1) is 0 Å². The molecule has 0 unspecified atom stereocenters. The van der Waals surface area contributed by atoms with E-state index in [9.17, 15) is 0 Å². The third-order valence-electron chi connectivity index (χ3n) is 3.69. The monoisotopic (exact) mass is 312 g/mol. The lowest BCUT2D eigenvalue weighted by Gasteiger charge is -2.11. The Morgan fingerprint density at radius 2 is 1.84 bits per heavy atom. The van der Waals surface area contributed by atoms with Crippen molar-refractivity contribution in [1.29, 1.82) is 0 Å². The molecule has 0 saturated heterocycles. The Morgan fingerprint density at radius 3 is 2.58 bits per heavy atom. The quantitative estimate of drug-likeness (QED) is 0.666. The van der Waals surface area contributed by atoms with Crippen molar-refractivity contribution in [3.05, 3.63) is 64.1 Å². The van der Waals surface area contributed by atoms with Crippen molar-refractivity contribution in [2.75, 3.05) is 0 Å². The molecule has 0 radical (unpaired) electrons. The summed E-state index contributed by atoms with van der Waals surface area (Å²) in [6.07, 6.45) is 5.84. The summed E-state index contributed by atoms with van der Waals surface area (Å²) in [5, 5.41) is 0. The minimum Gasteiger partial charge on any atom is -0.0762 e. The summed E-state index contributed by atoms with van der Waals surface area (Å²) in [7, 11) is 0. The molecule has 2 aromatic carbocycles.